The van der Waals surface area contributed by atoms with Crippen LogP contribution in [0.3, 0.4) is 0 Å². The third kappa shape index (κ3) is 2.71. The average Bonchev–Trinajstić information content (AvgIpc) is 2.82. The topological polar surface area (TPSA) is 38.1 Å². The molecule has 0 aliphatic carbocycles. The van der Waals surface area contributed by atoms with Gasteiger partial charge in [-0.1, -0.05) is 19.4 Å². The molecule has 0 aliphatic heterocycles. The van der Waals surface area contributed by atoms with Crippen molar-refractivity contribution in [3.8, 4) is 5.69 Å². The summed E-state index contributed by atoms with van der Waals surface area (Å²) in [6.07, 6.45) is 3.15. The summed E-state index contributed by atoms with van der Waals surface area (Å²) in [5, 5.41) is 4.25. The van der Waals surface area contributed by atoms with Crippen molar-refractivity contribution >= 4 is 5.91 Å². The summed E-state index contributed by atoms with van der Waals surface area (Å²) in [6.45, 7) is 2.03. The fraction of sp³-hybridized carbons (Fsp3) is 0.333. The Labute approximate surface area is 117 Å². The van der Waals surface area contributed by atoms with Crippen LogP contribution in [0.1, 0.15) is 29.4 Å². The van der Waals surface area contributed by atoms with Crippen LogP contribution in [0.2, 0.25) is 0 Å². The molecule has 0 radical (unpaired) electrons. The monoisotopic (exact) mass is 275 g/mol. The second-order valence-electron chi connectivity index (χ2n) is 4.85. The second-order valence-corrected chi connectivity index (χ2v) is 4.85. The van der Waals surface area contributed by atoms with Gasteiger partial charge in [0.15, 0.2) is 0 Å². The molecule has 2 rings (SSSR count). The Hall–Kier alpha value is -2.17. The maximum absolute atomic E-state index is 13.3. The number of hydrogen-bond acceptors (Lipinski definition) is 2. The van der Waals surface area contributed by atoms with Crippen LogP contribution in [0.5, 0.6) is 0 Å². The highest BCUT2D eigenvalue weighted by molar-refractivity contribution is 5.95. The molecule has 0 saturated carbocycles. The number of halogens is 1. The molecule has 1 aromatic heterocycles. The normalized spacial score (nSPS) is 10.6. The molecule has 0 fully saturated rings. The molecular weight excluding hydrogens is 257 g/mol. The van der Waals surface area contributed by atoms with Crippen molar-refractivity contribution in [1.82, 2.24) is 14.7 Å². The van der Waals surface area contributed by atoms with Crippen LogP contribution in [0.4, 0.5) is 4.39 Å². The summed E-state index contributed by atoms with van der Waals surface area (Å²) in [6, 6.07) is 6.21. The molecule has 0 atom stereocenters. The summed E-state index contributed by atoms with van der Waals surface area (Å²) in [5.74, 6) is -0.406. The SMILES string of the molecule is CCCc1c(C(=O)N(C)C)cnn1-c1cccc(F)c1. The molecule has 1 amide bonds. The Morgan fingerprint density at radius 1 is 1.40 bits per heavy atom. The summed E-state index contributed by atoms with van der Waals surface area (Å²) < 4.78 is 15.0. The zero-order valence-electron chi connectivity index (χ0n) is 11.9. The van der Waals surface area contributed by atoms with Crippen molar-refractivity contribution in [3.63, 3.8) is 0 Å². The highest BCUT2D eigenvalue weighted by Gasteiger charge is 2.19. The number of benzene rings is 1. The Bertz CT molecular complexity index is 619. The van der Waals surface area contributed by atoms with E-state index in [-0.39, 0.29) is 11.7 Å². The highest BCUT2D eigenvalue weighted by atomic mass is 19.1. The van der Waals surface area contributed by atoms with Crippen molar-refractivity contribution in [2.24, 2.45) is 0 Å². The molecule has 1 aromatic carbocycles. The molecule has 0 aliphatic rings. The Morgan fingerprint density at radius 2 is 2.15 bits per heavy atom. The van der Waals surface area contributed by atoms with Gasteiger partial charge in [0.05, 0.1) is 23.1 Å². The zero-order chi connectivity index (χ0) is 14.7. The summed E-state index contributed by atoms with van der Waals surface area (Å²) >= 11 is 0. The Morgan fingerprint density at radius 3 is 2.75 bits per heavy atom. The number of carbonyl (C=O) groups is 1. The summed E-state index contributed by atoms with van der Waals surface area (Å²) in [7, 11) is 3.41. The van der Waals surface area contributed by atoms with Crippen molar-refractivity contribution in [2.45, 2.75) is 19.8 Å². The molecule has 20 heavy (non-hydrogen) atoms. The smallest absolute Gasteiger partial charge is 0.256 e. The van der Waals surface area contributed by atoms with E-state index in [2.05, 4.69) is 5.10 Å². The molecule has 5 heteroatoms. The maximum Gasteiger partial charge on any atom is 0.256 e. The number of hydrogen-bond donors (Lipinski definition) is 0. The van der Waals surface area contributed by atoms with Crippen LogP contribution in [-0.2, 0) is 6.42 Å². The average molecular weight is 275 g/mol. The van der Waals surface area contributed by atoms with Crippen LogP contribution in [-0.4, -0.2) is 34.7 Å². The predicted molar refractivity (Wildman–Crippen MR) is 75.5 cm³/mol. The second kappa shape index (κ2) is 5.86. The molecule has 2 aromatic rings. The first-order valence-electron chi connectivity index (χ1n) is 6.59. The molecule has 4 nitrogen and oxygen atoms in total. The predicted octanol–water partition coefficient (Wildman–Crippen LogP) is 2.67. The first kappa shape index (κ1) is 14.2. The van der Waals surface area contributed by atoms with E-state index in [1.165, 1.54) is 17.0 Å². The third-order valence-electron chi connectivity index (χ3n) is 3.05. The molecule has 106 valence electrons. The lowest BCUT2D eigenvalue weighted by molar-refractivity contribution is 0.0826. The van der Waals surface area contributed by atoms with E-state index < -0.39 is 0 Å². The highest BCUT2D eigenvalue weighted by Crippen LogP contribution is 2.18. The lowest BCUT2D eigenvalue weighted by atomic mass is 10.1. The van der Waals surface area contributed by atoms with E-state index in [1.807, 2.05) is 6.92 Å². The van der Waals surface area contributed by atoms with Gasteiger partial charge in [0.25, 0.3) is 5.91 Å². The molecule has 0 unspecified atom stereocenters. The molecule has 0 bridgehead atoms. The first-order valence-corrected chi connectivity index (χ1v) is 6.59. The fourth-order valence-corrected chi connectivity index (χ4v) is 2.10. The Balaban J connectivity index is 2.52. The maximum atomic E-state index is 13.3. The minimum absolute atomic E-state index is 0.0869. The van der Waals surface area contributed by atoms with Gasteiger partial charge >= 0.3 is 0 Å². The van der Waals surface area contributed by atoms with Crippen molar-refractivity contribution in [2.75, 3.05) is 14.1 Å². The molecular formula is C15H18FN3O. The van der Waals surface area contributed by atoms with Gasteiger partial charge in [-0.05, 0) is 24.6 Å². The minimum atomic E-state index is -0.319. The van der Waals surface area contributed by atoms with Gasteiger partial charge in [-0.2, -0.15) is 5.10 Å². The lowest BCUT2D eigenvalue weighted by Crippen LogP contribution is -2.22. The molecule has 0 spiro atoms. The zero-order valence-corrected chi connectivity index (χ0v) is 11.9. The van der Waals surface area contributed by atoms with Gasteiger partial charge in [-0.25, -0.2) is 9.07 Å². The van der Waals surface area contributed by atoms with Gasteiger partial charge in [0.1, 0.15) is 5.82 Å². The van der Waals surface area contributed by atoms with Gasteiger partial charge in [0.2, 0.25) is 0 Å². The van der Waals surface area contributed by atoms with Crippen LogP contribution in [0.25, 0.3) is 5.69 Å². The van der Waals surface area contributed by atoms with E-state index in [4.69, 9.17) is 0 Å². The minimum Gasteiger partial charge on any atom is -0.345 e. The quantitative estimate of drug-likeness (QED) is 0.860. The van der Waals surface area contributed by atoms with E-state index >= 15 is 0 Å². The van der Waals surface area contributed by atoms with Crippen LogP contribution in [0, 0.1) is 5.82 Å². The van der Waals surface area contributed by atoms with Crippen molar-refractivity contribution < 1.29 is 9.18 Å². The van der Waals surface area contributed by atoms with Crippen LogP contribution >= 0.6 is 0 Å². The molecule has 0 N–H and O–H groups in total. The largest absolute Gasteiger partial charge is 0.345 e. The summed E-state index contributed by atoms with van der Waals surface area (Å²) in [4.78, 5) is 13.7. The van der Waals surface area contributed by atoms with Gasteiger partial charge in [-0.15, -0.1) is 0 Å². The summed E-state index contributed by atoms with van der Waals surface area (Å²) in [5.41, 5.74) is 2.02. The van der Waals surface area contributed by atoms with E-state index in [0.29, 0.717) is 17.7 Å². The van der Waals surface area contributed by atoms with E-state index in [0.717, 1.165) is 12.1 Å². The standard InChI is InChI=1S/C15H18FN3O/c1-4-6-14-13(15(20)18(2)3)10-17-19(14)12-8-5-7-11(16)9-12/h5,7-10H,4,6H2,1-3H3. The fourth-order valence-electron chi connectivity index (χ4n) is 2.10. The van der Waals surface area contributed by atoms with Crippen LogP contribution < -0.4 is 0 Å². The van der Waals surface area contributed by atoms with Gasteiger partial charge in [-0.3, -0.25) is 4.79 Å². The number of aromatic nitrogens is 2. The van der Waals surface area contributed by atoms with Crippen molar-refractivity contribution in [3.05, 3.63) is 47.5 Å². The van der Waals surface area contributed by atoms with Crippen LogP contribution in [0.15, 0.2) is 30.5 Å². The van der Waals surface area contributed by atoms with Gasteiger partial charge in [0, 0.05) is 14.1 Å². The molecule has 1 heterocycles. The molecule has 0 saturated heterocycles. The van der Waals surface area contributed by atoms with E-state index in [1.54, 1.807) is 37.1 Å². The number of carbonyl (C=O) groups excluding carboxylic acids is 1. The lowest BCUT2D eigenvalue weighted by Gasteiger charge is -2.12. The number of rotatable bonds is 4. The first-order chi connectivity index (χ1) is 9.54. The Kier molecular flexibility index (Phi) is 4.17. The van der Waals surface area contributed by atoms with E-state index in [9.17, 15) is 9.18 Å². The number of amides is 1. The number of nitrogens with zero attached hydrogens (tertiary/aromatic N) is 3. The van der Waals surface area contributed by atoms with Crippen molar-refractivity contribution in [1.29, 1.82) is 0 Å². The third-order valence-corrected chi connectivity index (χ3v) is 3.05. The van der Waals surface area contributed by atoms with Gasteiger partial charge < -0.3 is 4.90 Å².